The molecule has 3 amide bonds. The van der Waals surface area contributed by atoms with E-state index < -0.39 is 42.0 Å². The van der Waals surface area contributed by atoms with E-state index in [0.29, 0.717) is 38.3 Å². The second-order valence-electron chi connectivity index (χ2n) is 14.7. The number of hydrogen-bond donors (Lipinski definition) is 4. The molecule has 1 aliphatic carbocycles. The summed E-state index contributed by atoms with van der Waals surface area (Å²) < 4.78 is 2.00. The van der Waals surface area contributed by atoms with Crippen molar-refractivity contribution in [3.8, 4) is 12.3 Å². The molecule has 1 heterocycles. The van der Waals surface area contributed by atoms with Crippen molar-refractivity contribution < 1.29 is 24.6 Å². The van der Waals surface area contributed by atoms with E-state index in [1.165, 1.54) is 6.42 Å². The molecule has 51 heavy (non-hydrogen) atoms. The van der Waals surface area contributed by atoms with Crippen molar-refractivity contribution in [3.63, 3.8) is 0 Å². The molecule has 0 saturated heterocycles. The number of benzene rings is 2. The number of carbonyl (C=O) groups is 3. The van der Waals surface area contributed by atoms with Gasteiger partial charge in [0.1, 0.15) is 12.1 Å². The summed E-state index contributed by atoms with van der Waals surface area (Å²) in [4.78, 5) is 47.6. The second kappa shape index (κ2) is 20.0. The number of terminal acetylenes is 1. The van der Waals surface area contributed by atoms with Crippen LogP contribution >= 0.6 is 0 Å². The molecule has 276 valence electrons. The maximum Gasteiger partial charge on any atom is 0.242 e. The minimum Gasteiger partial charge on any atom is -0.390 e. The Kier molecular flexibility index (Phi) is 15.5. The molecule has 5 atom stereocenters. The van der Waals surface area contributed by atoms with Gasteiger partial charge in [-0.25, -0.2) is 4.98 Å². The van der Waals surface area contributed by atoms with E-state index in [0.717, 1.165) is 42.3 Å². The lowest BCUT2D eigenvalue weighted by Gasteiger charge is -2.34. The average Bonchev–Trinajstić information content (AvgIpc) is 3.54. The average molecular weight is 700 g/mol. The van der Waals surface area contributed by atoms with E-state index in [-0.39, 0.29) is 31.1 Å². The maximum absolute atomic E-state index is 14.0. The summed E-state index contributed by atoms with van der Waals surface area (Å²) >= 11 is 0. The third-order valence-electron chi connectivity index (χ3n) is 10.1. The number of fused-ring (bicyclic) bond motifs is 1. The third kappa shape index (κ3) is 12.2. The molecule has 1 aromatic heterocycles. The van der Waals surface area contributed by atoms with E-state index in [1.54, 1.807) is 18.3 Å². The van der Waals surface area contributed by atoms with Crippen LogP contribution in [0, 0.1) is 30.1 Å². The molecule has 0 aliphatic heterocycles. The van der Waals surface area contributed by atoms with Gasteiger partial charge in [-0.05, 0) is 55.2 Å². The van der Waals surface area contributed by atoms with Gasteiger partial charge in [-0.3, -0.25) is 14.4 Å². The molecular weight excluding hydrogens is 642 g/mol. The third-order valence-corrected chi connectivity index (χ3v) is 10.1. The molecule has 1 saturated carbocycles. The number of nitrogens with one attached hydrogen (secondary N) is 2. The van der Waals surface area contributed by atoms with E-state index in [4.69, 9.17) is 6.42 Å². The summed E-state index contributed by atoms with van der Waals surface area (Å²) in [6.45, 7) is 4.93. The molecule has 1 aliphatic rings. The molecule has 3 aromatic rings. The zero-order chi connectivity index (χ0) is 36.8. The van der Waals surface area contributed by atoms with Gasteiger partial charge in [0.05, 0.1) is 35.4 Å². The van der Waals surface area contributed by atoms with Crippen LogP contribution in [0.4, 0.5) is 0 Å². The van der Waals surface area contributed by atoms with Crippen LogP contribution < -0.4 is 10.6 Å². The summed E-state index contributed by atoms with van der Waals surface area (Å²) in [5, 5.41) is 28.1. The van der Waals surface area contributed by atoms with E-state index >= 15 is 0 Å². The van der Waals surface area contributed by atoms with E-state index in [2.05, 4.69) is 21.5 Å². The number of nitrogens with zero attached hydrogens (tertiary/aromatic N) is 3. The first-order valence-corrected chi connectivity index (χ1v) is 18.6. The summed E-state index contributed by atoms with van der Waals surface area (Å²) in [7, 11) is 1.73. The quantitative estimate of drug-likeness (QED) is 0.132. The predicted octanol–water partition coefficient (Wildman–Crippen LogP) is 4.87. The SMILES string of the molecule is C#CCC[C@H](NC(=O)[C@@H](CC(=O)N(C)CCn1cnc2ccccc21)Cc1ccccc1)C(=O)N[C@@H](CC1CCCCC1)[C@@H](O)[C@@H](O)CC(C)C. The van der Waals surface area contributed by atoms with Crippen molar-refractivity contribution in [2.45, 2.75) is 115 Å². The van der Waals surface area contributed by atoms with Crippen molar-refractivity contribution in [1.82, 2.24) is 25.1 Å². The summed E-state index contributed by atoms with van der Waals surface area (Å²) in [6, 6.07) is 15.7. The number of aliphatic hydroxyl groups excluding tert-OH is 2. The molecule has 4 rings (SSSR count). The number of imidazole rings is 1. The Balaban J connectivity index is 1.47. The Morgan fingerprint density at radius 2 is 1.71 bits per heavy atom. The summed E-state index contributed by atoms with van der Waals surface area (Å²) in [5.41, 5.74) is 2.77. The smallest absolute Gasteiger partial charge is 0.242 e. The standard InChI is InChI=1S/C41H57N5O5/c1-5-6-19-34(41(51)44-35(26-31-17-11-8-12-18-31)39(49)37(47)24-29(2)3)43-40(50)32(25-30-15-9-7-10-16-30)27-38(48)45(4)22-23-46-28-42-33-20-13-14-21-36(33)46/h1,7,9-10,13-16,20-21,28-29,31-32,34-35,37,39,47,49H,6,8,11-12,17-19,22-27H2,2-4H3,(H,43,50)(H,44,51)/t32-,34+,35+,37+,39-/m1/s1. The molecule has 0 spiro atoms. The Morgan fingerprint density at radius 3 is 2.41 bits per heavy atom. The molecule has 1 fully saturated rings. The fourth-order valence-corrected chi connectivity index (χ4v) is 7.12. The van der Waals surface area contributed by atoms with E-state index in [9.17, 15) is 24.6 Å². The fourth-order valence-electron chi connectivity index (χ4n) is 7.12. The Morgan fingerprint density at radius 1 is 1.00 bits per heavy atom. The lowest BCUT2D eigenvalue weighted by molar-refractivity contribution is -0.137. The Hall–Kier alpha value is -4.20. The van der Waals surface area contributed by atoms with Gasteiger partial charge in [0.25, 0.3) is 0 Å². The molecule has 10 heteroatoms. The van der Waals surface area contributed by atoms with Crippen LogP contribution in [0.5, 0.6) is 0 Å². The molecule has 0 unspecified atom stereocenters. The highest BCUT2D eigenvalue weighted by Crippen LogP contribution is 2.29. The first-order chi connectivity index (χ1) is 24.5. The molecular formula is C41H57N5O5. The van der Waals surface area contributed by atoms with Gasteiger partial charge < -0.3 is 30.3 Å². The lowest BCUT2D eigenvalue weighted by Crippen LogP contribution is -2.56. The van der Waals surface area contributed by atoms with Gasteiger partial charge in [0.2, 0.25) is 17.7 Å². The van der Waals surface area contributed by atoms with Gasteiger partial charge in [-0.15, -0.1) is 12.3 Å². The fraction of sp³-hybridized carbons (Fsp3) is 0.561. The molecule has 4 N–H and O–H groups in total. The van der Waals surface area contributed by atoms with Gasteiger partial charge >= 0.3 is 0 Å². The second-order valence-corrected chi connectivity index (χ2v) is 14.7. The zero-order valence-electron chi connectivity index (χ0n) is 30.5. The zero-order valence-corrected chi connectivity index (χ0v) is 30.5. The number of hydrogen-bond acceptors (Lipinski definition) is 6. The number of amides is 3. The molecule has 2 aromatic carbocycles. The Bertz CT molecular complexity index is 1580. The van der Waals surface area contributed by atoms with Gasteiger partial charge in [-0.1, -0.05) is 88.4 Å². The first-order valence-electron chi connectivity index (χ1n) is 18.6. The number of rotatable bonds is 19. The monoisotopic (exact) mass is 699 g/mol. The molecule has 10 nitrogen and oxygen atoms in total. The van der Waals surface area contributed by atoms with Crippen molar-refractivity contribution in [2.24, 2.45) is 17.8 Å². The van der Waals surface area contributed by atoms with Crippen LogP contribution in [0.15, 0.2) is 60.9 Å². The van der Waals surface area contributed by atoms with Crippen molar-refractivity contribution in [2.75, 3.05) is 13.6 Å². The van der Waals surface area contributed by atoms with Crippen molar-refractivity contribution in [1.29, 1.82) is 0 Å². The number of carbonyl (C=O) groups excluding carboxylic acids is 3. The number of aliphatic hydroxyl groups is 2. The van der Waals surface area contributed by atoms with Gasteiger partial charge in [-0.2, -0.15) is 0 Å². The van der Waals surface area contributed by atoms with Crippen molar-refractivity contribution >= 4 is 28.8 Å². The summed E-state index contributed by atoms with van der Waals surface area (Å²) in [6.07, 6.45) is 12.3. The highest BCUT2D eigenvalue weighted by atomic mass is 16.3. The maximum atomic E-state index is 14.0. The number of aromatic nitrogens is 2. The number of likely N-dealkylation sites (N-methyl/N-ethyl adjacent to an activating group) is 1. The van der Waals surface area contributed by atoms with Crippen LogP contribution in [0.3, 0.4) is 0 Å². The Labute approximate surface area is 303 Å². The highest BCUT2D eigenvalue weighted by Gasteiger charge is 2.34. The van der Waals surface area contributed by atoms with Crippen LogP contribution in [0.1, 0.15) is 83.6 Å². The van der Waals surface area contributed by atoms with Crippen LogP contribution in [-0.4, -0.2) is 80.3 Å². The minimum atomic E-state index is -1.15. The first kappa shape index (κ1) is 39.6. The van der Waals surface area contributed by atoms with Crippen molar-refractivity contribution in [3.05, 3.63) is 66.5 Å². The van der Waals surface area contributed by atoms with Crippen LogP contribution in [0.25, 0.3) is 11.0 Å². The largest absolute Gasteiger partial charge is 0.390 e. The van der Waals surface area contributed by atoms with Crippen LogP contribution in [-0.2, 0) is 27.3 Å². The van der Waals surface area contributed by atoms with Gasteiger partial charge in [0.15, 0.2) is 0 Å². The number of para-hydroxylation sites is 2. The normalized spacial score (nSPS) is 16.5. The summed E-state index contributed by atoms with van der Waals surface area (Å²) in [5.74, 6) is 1.27. The van der Waals surface area contributed by atoms with Crippen LogP contribution in [0.2, 0.25) is 0 Å². The lowest BCUT2D eigenvalue weighted by atomic mass is 9.82. The molecule has 0 bridgehead atoms. The topological polar surface area (TPSA) is 137 Å². The van der Waals surface area contributed by atoms with Gasteiger partial charge in [0, 0.05) is 33.0 Å². The predicted molar refractivity (Wildman–Crippen MR) is 200 cm³/mol. The minimum absolute atomic E-state index is 0.0458. The molecule has 0 radical (unpaired) electrons. The van der Waals surface area contributed by atoms with E-state index in [1.807, 2.05) is 73.0 Å². The highest BCUT2D eigenvalue weighted by molar-refractivity contribution is 5.91.